The van der Waals surface area contributed by atoms with Crippen LogP contribution in [0.1, 0.15) is 46.0 Å². The van der Waals surface area contributed by atoms with Crippen LogP contribution < -0.4 is 5.32 Å². The van der Waals surface area contributed by atoms with Gasteiger partial charge in [0.05, 0.1) is 5.54 Å². The van der Waals surface area contributed by atoms with E-state index in [0.717, 1.165) is 58.5 Å². The predicted octanol–water partition coefficient (Wildman–Crippen LogP) is 1.79. The zero-order valence-electron chi connectivity index (χ0n) is 12.4. The van der Waals surface area contributed by atoms with E-state index >= 15 is 0 Å². The molecule has 1 aliphatic heterocycles. The number of hydrogen-bond acceptors (Lipinski definition) is 3. The summed E-state index contributed by atoms with van der Waals surface area (Å²) < 4.78 is 5.44. The van der Waals surface area contributed by atoms with Gasteiger partial charge in [-0.25, -0.2) is 0 Å². The van der Waals surface area contributed by atoms with Crippen LogP contribution in [0.2, 0.25) is 0 Å². The van der Waals surface area contributed by atoms with Crippen LogP contribution in [0.15, 0.2) is 0 Å². The molecule has 0 aromatic heterocycles. The maximum absolute atomic E-state index is 12.1. The molecule has 0 spiro atoms. The monoisotopic (exact) mass is 268 g/mol. The van der Waals surface area contributed by atoms with Crippen LogP contribution >= 0.6 is 0 Å². The standard InChI is InChI=1S/C15H28N2O2/c1-3-17(4-2)12-15(7-8-15)16-14(18)10-13-6-5-9-19-11-13/h13H,3-12H2,1-2H3,(H,16,18)/t13-/m0/s1. The highest BCUT2D eigenvalue weighted by molar-refractivity contribution is 5.77. The van der Waals surface area contributed by atoms with Crippen LogP contribution in [0.5, 0.6) is 0 Å². The van der Waals surface area contributed by atoms with Crippen LogP contribution in [0.3, 0.4) is 0 Å². The summed E-state index contributed by atoms with van der Waals surface area (Å²) >= 11 is 0. The Morgan fingerprint density at radius 2 is 2.11 bits per heavy atom. The van der Waals surface area contributed by atoms with Crippen molar-refractivity contribution in [3.8, 4) is 0 Å². The van der Waals surface area contributed by atoms with Gasteiger partial charge < -0.3 is 15.0 Å². The molecule has 2 rings (SSSR count). The Morgan fingerprint density at radius 1 is 1.37 bits per heavy atom. The van der Waals surface area contributed by atoms with Gasteiger partial charge in [0.2, 0.25) is 5.91 Å². The van der Waals surface area contributed by atoms with Crippen molar-refractivity contribution in [1.82, 2.24) is 10.2 Å². The molecule has 4 nitrogen and oxygen atoms in total. The molecule has 1 heterocycles. The van der Waals surface area contributed by atoms with Gasteiger partial charge in [0.1, 0.15) is 0 Å². The number of rotatable bonds is 7. The van der Waals surface area contributed by atoms with Gasteiger partial charge >= 0.3 is 0 Å². The lowest BCUT2D eigenvalue weighted by Crippen LogP contribution is -2.46. The highest BCUT2D eigenvalue weighted by Crippen LogP contribution is 2.36. The molecule has 4 heteroatoms. The van der Waals surface area contributed by atoms with E-state index < -0.39 is 0 Å². The molecule has 1 N–H and O–H groups in total. The number of hydrogen-bond donors (Lipinski definition) is 1. The minimum absolute atomic E-state index is 0.0820. The van der Waals surface area contributed by atoms with E-state index in [9.17, 15) is 4.79 Å². The van der Waals surface area contributed by atoms with E-state index in [4.69, 9.17) is 4.74 Å². The Balaban J connectivity index is 1.74. The first-order valence-corrected chi connectivity index (χ1v) is 7.78. The summed E-state index contributed by atoms with van der Waals surface area (Å²) in [6, 6.07) is 0. The Labute approximate surface area is 116 Å². The number of carbonyl (C=O) groups is 1. The quantitative estimate of drug-likeness (QED) is 0.765. The predicted molar refractivity (Wildman–Crippen MR) is 76.1 cm³/mol. The third-order valence-electron chi connectivity index (χ3n) is 4.41. The molecule has 1 saturated heterocycles. The topological polar surface area (TPSA) is 41.6 Å². The lowest BCUT2D eigenvalue weighted by molar-refractivity contribution is -0.124. The third-order valence-corrected chi connectivity index (χ3v) is 4.41. The molecule has 1 saturated carbocycles. The van der Waals surface area contributed by atoms with Crippen molar-refractivity contribution in [3.05, 3.63) is 0 Å². The number of ether oxygens (including phenoxy) is 1. The van der Waals surface area contributed by atoms with Crippen molar-refractivity contribution < 1.29 is 9.53 Å². The maximum atomic E-state index is 12.1. The van der Waals surface area contributed by atoms with E-state index in [2.05, 4.69) is 24.1 Å². The Hall–Kier alpha value is -0.610. The van der Waals surface area contributed by atoms with Gasteiger partial charge in [-0.15, -0.1) is 0 Å². The van der Waals surface area contributed by atoms with E-state index in [1.54, 1.807) is 0 Å². The van der Waals surface area contributed by atoms with Gasteiger partial charge in [-0.05, 0) is 44.7 Å². The molecule has 1 aliphatic carbocycles. The van der Waals surface area contributed by atoms with E-state index in [1.807, 2.05) is 0 Å². The van der Waals surface area contributed by atoms with Crippen molar-refractivity contribution in [2.24, 2.45) is 5.92 Å². The number of likely N-dealkylation sites (N-methyl/N-ethyl adjacent to an activating group) is 1. The highest BCUT2D eigenvalue weighted by Gasteiger charge is 2.44. The van der Waals surface area contributed by atoms with E-state index in [0.29, 0.717) is 12.3 Å². The minimum atomic E-state index is 0.0820. The van der Waals surface area contributed by atoms with Gasteiger partial charge in [-0.1, -0.05) is 13.8 Å². The number of carbonyl (C=O) groups excluding carboxylic acids is 1. The van der Waals surface area contributed by atoms with Gasteiger partial charge in [0, 0.05) is 26.2 Å². The maximum Gasteiger partial charge on any atom is 0.220 e. The first kappa shape index (κ1) is 14.8. The van der Waals surface area contributed by atoms with Crippen LogP contribution in [0, 0.1) is 5.92 Å². The fourth-order valence-corrected chi connectivity index (χ4v) is 2.93. The Bertz CT molecular complexity index is 293. The Kier molecular flexibility index (Phi) is 5.22. The summed E-state index contributed by atoms with van der Waals surface area (Å²) in [5.74, 6) is 0.651. The van der Waals surface area contributed by atoms with Gasteiger partial charge in [-0.2, -0.15) is 0 Å². The van der Waals surface area contributed by atoms with Crippen molar-refractivity contribution in [2.75, 3.05) is 32.8 Å². The second-order valence-corrected chi connectivity index (χ2v) is 6.08. The average Bonchev–Trinajstić information content (AvgIpc) is 3.16. The summed E-state index contributed by atoms with van der Waals surface area (Å²) in [5, 5.41) is 3.28. The Morgan fingerprint density at radius 3 is 2.63 bits per heavy atom. The van der Waals surface area contributed by atoms with Crippen molar-refractivity contribution in [3.63, 3.8) is 0 Å². The summed E-state index contributed by atoms with van der Waals surface area (Å²) in [4.78, 5) is 14.5. The van der Waals surface area contributed by atoms with Gasteiger partial charge in [0.25, 0.3) is 0 Å². The molecular formula is C15H28N2O2. The fourth-order valence-electron chi connectivity index (χ4n) is 2.93. The molecule has 2 fully saturated rings. The van der Waals surface area contributed by atoms with Crippen LogP contribution in [0.4, 0.5) is 0 Å². The van der Waals surface area contributed by atoms with Gasteiger partial charge in [-0.3, -0.25) is 4.79 Å². The second kappa shape index (κ2) is 6.71. The lowest BCUT2D eigenvalue weighted by atomic mass is 9.98. The summed E-state index contributed by atoms with van der Waals surface area (Å²) in [5.41, 5.74) is 0.0820. The molecular weight excluding hydrogens is 240 g/mol. The van der Waals surface area contributed by atoms with Crippen molar-refractivity contribution >= 4 is 5.91 Å². The second-order valence-electron chi connectivity index (χ2n) is 6.08. The minimum Gasteiger partial charge on any atom is -0.381 e. The van der Waals surface area contributed by atoms with Crippen LogP contribution in [-0.2, 0) is 9.53 Å². The van der Waals surface area contributed by atoms with E-state index in [1.165, 1.54) is 0 Å². The number of nitrogens with zero attached hydrogens (tertiary/aromatic N) is 1. The first-order valence-electron chi connectivity index (χ1n) is 7.78. The highest BCUT2D eigenvalue weighted by atomic mass is 16.5. The molecule has 1 amide bonds. The normalized spacial score (nSPS) is 25.3. The summed E-state index contributed by atoms with van der Waals surface area (Å²) in [6.45, 7) is 9.12. The molecule has 0 unspecified atom stereocenters. The SMILES string of the molecule is CCN(CC)CC1(NC(=O)C[C@@H]2CCCOC2)CC1. The summed E-state index contributed by atoms with van der Waals surface area (Å²) in [7, 11) is 0. The van der Waals surface area contributed by atoms with Crippen LogP contribution in [-0.4, -0.2) is 49.2 Å². The molecule has 0 aromatic carbocycles. The average molecular weight is 268 g/mol. The molecule has 2 aliphatic rings. The molecule has 1 atom stereocenters. The van der Waals surface area contributed by atoms with Crippen LogP contribution in [0.25, 0.3) is 0 Å². The smallest absolute Gasteiger partial charge is 0.220 e. The fraction of sp³-hybridized carbons (Fsp3) is 0.933. The largest absolute Gasteiger partial charge is 0.381 e. The van der Waals surface area contributed by atoms with Gasteiger partial charge in [0.15, 0.2) is 0 Å². The zero-order chi connectivity index (χ0) is 13.7. The third kappa shape index (κ3) is 4.46. The molecule has 0 aromatic rings. The van der Waals surface area contributed by atoms with Crippen molar-refractivity contribution in [2.45, 2.75) is 51.5 Å². The molecule has 0 radical (unpaired) electrons. The number of amides is 1. The van der Waals surface area contributed by atoms with Crippen molar-refractivity contribution in [1.29, 1.82) is 0 Å². The molecule has 110 valence electrons. The zero-order valence-corrected chi connectivity index (χ0v) is 12.4. The number of nitrogens with one attached hydrogen (secondary N) is 1. The lowest BCUT2D eigenvalue weighted by Gasteiger charge is -2.27. The van der Waals surface area contributed by atoms with E-state index in [-0.39, 0.29) is 11.4 Å². The summed E-state index contributed by atoms with van der Waals surface area (Å²) in [6.07, 6.45) is 5.14. The first-order chi connectivity index (χ1) is 9.17. The molecule has 0 bridgehead atoms. The molecule has 19 heavy (non-hydrogen) atoms.